The summed E-state index contributed by atoms with van der Waals surface area (Å²) in [4.78, 5) is 0. The first-order valence-corrected chi connectivity index (χ1v) is 9.73. The molecule has 114 valence electrons. The fourth-order valence-corrected chi connectivity index (χ4v) is 6.84. The van der Waals surface area contributed by atoms with Gasteiger partial charge in [0.05, 0.1) is 0 Å². The van der Waals surface area contributed by atoms with Gasteiger partial charge in [0.2, 0.25) is 0 Å². The average molecular weight is 316 g/mol. The molecule has 1 aliphatic carbocycles. The van der Waals surface area contributed by atoms with E-state index in [1.54, 1.807) is 11.1 Å². The Morgan fingerprint density at radius 2 is 1.35 bits per heavy atom. The molecule has 0 fully saturated rings. The topological polar surface area (TPSA) is 0 Å². The number of fused-ring (bicyclic) bond motifs is 1. The first-order valence-electron chi connectivity index (χ1n) is 8.32. The van der Waals surface area contributed by atoms with Gasteiger partial charge in [-0.3, -0.25) is 0 Å². The number of rotatable bonds is 3. The summed E-state index contributed by atoms with van der Waals surface area (Å²) in [5.74, 6) is 0. The van der Waals surface area contributed by atoms with Crippen LogP contribution < -0.4 is 10.6 Å². The zero-order valence-electron chi connectivity index (χ0n) is 13.4. The van der Waals surface area contributed by atoms with Gasteiger partial charge < -0.3 is 0 Å². The lowest BCUT2D eigenvalue weighted by Gasteiger charge is -2.27. The Kier molecular flexibility index (Phi) is 4.02. The van der Waals surface area contributed by atoms with Crippen molar-refractivity contribution in [2.75, 3.05) is 0 Å². The maximum Gasteiger partial charge on any atom is 0.0130 e. The standard InChI is InChI=1S/C22H21P/c1-17-9-8-10-18-15-16-21(22(17)18)23(19-11-4-2-5-12-19)20-13-6-3-7-14-20/h2-14,21H,15-16H2,1H3/t21-/m0/s1. The Balaban J connectivity index is 1.86. The molecule has 1 heteroatoms. The summed E-state index contributed by atoms with van der Waals surface area (Å²) in [5, 5.41) is 2.99. The number of hydrogen-bond acceptors (Lipinski definition) is 0. The van der Waals surface area contributed by atoms with Crippen LogP contribution in [0.5, 0.6) is 0 Å². The first-order chi connectivity index (χ1) is 11.3. The second-order valence-electron chi connectivity index (χ2n) is 6.24. The molecule has 0 spiro atoms. The minimum Gasteiger partial charge on any atom is -0.0622 e. The van der Waals surface area contributed by atoms with Gasteiger partial charge in [-0.15, -0.1) is 0 Å². The van der Waals surface area contributed by atoms with Crippen LogP contribution in [0.15, 0.2) is 78.9 Å². The minimum absolute atomic E-state index is 0.355. The van der Waals surface area contributed by atoms with Crippen LogP contribution in [0.2, 0.25) is 0 Å². The molecule has 0 heterocycles. The SMILES string of the molecule is Cc1cccc2c1[C@@H](P(c1ccccc1)c1ccccc1)CC2. The first kappa shape index (κ1) is 14.7. The van der Waals surface area contributed by atoms with Gasteiger partial charge in [-0.2, -0.15) is 0 Å². The van der Waals surface area contributed by atoms with Crippen LogP contribution in [0, 0.1) is 6.92 Å². The van der Waals surface area contributed by atoms with Crippen LogP contribution in [-0.4, -0.2) is 0 Å². The van der Waals surface area contributed by atoms with Crippen LogP contribution in [0.3, 0.4) is 0 Å². The summed E-state index contributed by atoms with van der Waals surface area (Å²) in [6, 6.07) is 29.0. The predicted molar refractivity (Wildman–Crippen MR) is 101 cm³/mol. The summed E-state index contributed by atoms with van der Waals surface area (Å²) < 4.78 is 0. The third-order valence-electron chi connectivity index (χ3n) is 4.82. The lowest BCUT2D eigenvalue weighted by Crippen LogP contribution is -2.16. The van der Waals surface area contributed by atoms with Crippen LogP contribution in [0.1, 0.15) is 28.8 Å². The average Bonchev–Trinajstić information content (AvgIpc) is 3.02. The van der Waals surface area contributed by atoms with Gasteiger partial charge in [0.15, 0.2) is 0 Å². The van der Waals surface area contributed by atoms with Gasteiger partial charge in [-0.05, 0) is 55.0 Å². The number of aryl methyl sites for hydroxylation is 2. The van der Waals surface area contributed by atoms with Crippen molar-refractivity contribution >= 4 is 18.5 Å². The van der Waals surface area contributed by atoms with Crippen LogP contribution in [0.25, 0.3) is 0 Å². The Labute approximate surface area is 139 Å². The maximum atomic E-state index is 2.33. The second-order valence-corrected chi connectivity index (χ2v) is 8.64. The fraction of sp³-hybridized carbons (Fsp3) is 0.182. The molecule has 0 aliphatic heterocycles. The van der Waals surface area contributed by atoms with E-state index in [9.17, 15) is 0 Å². The molecule has 0 saturated carbocycles. The van der Waals surface area contributed by atoms with Crippen molar-refractivity contribution in [3.8, 4) is 0 Å². The van der Waals surface area contributed by atoms with E-state index < -0.39 is 0 Å². The van der Waals surface area contributed by atoms with Crippen molar-refractivity contribution in [3.05, 3.63) is 95.6 Å². The summed E-state index contributed by atoms with van der Waals surface area (Å²) in [7, 11) is -0.355. The largest absolute Gasteiger partial charge is 0.0622 e. The Morgan fingerprint density at radius 3 is 1.96 bits per heavy atom. The summed E-state index contributed by atoms with van der Waals surface area (Å²) in [6.45, 7) is 2.28. The van der Waals surface area contributed by atoms with Crippen molar-refractivity contribution in [3.63, 3.8) is 0 Å². The Bertz CT molecular complexity index is 753. The molecule has 0 N–H and O–H groups in total. The highest BCUT2D eigenvalue weighted by molar-refractivity contribution is 7.73. The predicted octanol–water partition coefficient (Wildman–Crippen LogP) is 5.12. The highest BCUT2D eigenvalue weighted by atomic mass is 31.1. The van der Waals surface area contributed by atoms with E-state index in [-0.39, 0.29) is 7.92 Å². The Hall–Kier alpha value is -1.91. The van der Waals surface area contributed by atoms with E-state index >= 15 is 0 Å². The third-order valence-corrected chi connectivity index (χ3v) is 7.66. The van der Waals surface area contributed by atoms with E-state index in [4.69, 9.17) is 0 Å². The van der Waals surface area contributed by atoms with Gasteiger partial charge >= 0.3 is 0 Å². The van der Waals surface area contributed by atoms with Gasteiger partial charge in [0.25, 0.3) is 0 Å². The van der Waals surface area contributed by atoms with E-state index in [0.717, 1.165) is 0 Å². The monoisotopic (exact) mass is 316 g/mol. The molecule has 0 aromatic heterocycles. The van der Waals surface area contributed by atoms with Gasteiger partial charge in [0, 0.05) is 5.66 Å². The molecule has 3 aromatic rings. The van der Waals surface area contributed by atoms with E-state index in [2.05, 4.69) is 85.8 Å². The minimum atomic E-state index is -0.355. The fourth-order valence-electron chi connectivity index (χ4n) is 3.82. The molecule has 1 atom stereocenters. The molecule has 23 heavy (non-hydrogen) atoms. The van der Waals surface area contributed by atoms with Crippen LogP contribution in [0.4, 0.5) is 0 Å². The van der Waals surface area contributed by atoms with Crippen molar-refractivity contribution in [1.29, 1.82) is 0 Å². The molecule has 0 bridgehead atoms. The van der Waals surface area contributed by atoms with Gasteiger partial charge in [-0.1, -0.05) is 78.9 Å². The van der Waals surface area contributed by atoms with E-state index in [1.165, 1.54) is 29.0 Å². The molecule has 0 unspecified atom stereocenters. The molecular weight excluding hydrogens is 295 g/mol. The lowest BCUT2D eigenvalue weighted by molar-refractivity contribution is 0.882. The molecular formula is C22H21P. The molecule has 0 saturated heterocycles. The van der Waals surface area contributed by atoms with Crippen LogP contribution >= 0.6 is 7.92 Å². The molecule has 3 aromatic carbocycles. The van der Waals surface area contributed by atoms with Gasteiger partial charge in [0.1, 0.15) is 0 Å². The lowest BCUT2D eigenvalue weighted by atomic mass is 10.1. The van der Waals surface area contributed by atoms with Crippen LogP contribution in [-0.2, 0) is 6.42 Å². The normalized spacial score (nSPS) is 16.5. The second kappa shape index (κ2) is 6.30. The quantitative estimate of drug-likeness (QED) is 0.589. The highest BCUT2D eigenvalue weighted by Crippen LogP contribution is 2.56. The zero-order valence-corrected chi connectivity index (χ0v) is 14.3. The number of benzene rings is 3. The van der Waals surface area contributed by atoms with E-state index in [1.807, 2.05) is 0 Å². The van der Waals surface area contributed by atoms with E-state index in [0.29, 0.717) is 5.66 Å². The highest BCUT2D eigenvalue weighted by Gasteiger charge is 2.32. The Morgan fingerprint density at radius 1 is 0.739 bits per heavy atom. The zero-order chi connectivity index (χ0) is 15.6. The summed E-state index contributed by atoms with van der Waals surface area (Å²) in [5.41, 5.74) is 5.29. The smallest absolute Gasteiger partial charge is 0.0130 e. The molecule has 0 amide bonds. The van der Waals surface area contributed by atoms with Crippen molar-refractivity contribution in [2.24, 2.45) is 0 Å². The number of hydrogen-bond donors (Lipinski definition) is 0. The molecule has 0 nitrogen and oxygen atoms in total. The third kappa shape index (κ3) is 2.73. The molecule has 4 rings (SSSR count). The van der Waals surface area contributed by atoms with Crippen molar-refractivity contribution in [1.82, 2.24) is 0 Å². The summed E-state index contributed by atoms with van der Waals surface area (Å²) in [6.07, 6.45) is 2.50. The molecule has 1 aliphatic rings. The maximum absolute atomic E-state index is 2.33. The molecule has 0 radical (unpaired) electrons. The van der Waals surface area contributed by atoms with Gasteiger partial charge in [-0.25, -0.2) is 0 Å². The summed E-state index contributed by atoms with van der Waals surface area (Å²) >= 11 is 0. The van der Waals surface area contributed by atoms with Crippen molar-refractivity contribution in [2.45, 2.75) is 25.4 Å². The van der Waals surface area contributed by atoms with Crippen molar-refractivity contribution < 1.29 is 0 Å².